The maximum atomic E-state index is 12.7. The molecule has 2 aromatic heterocycles. The molecule has 2 heterocycles. The summed E-state index contributed by atoms with van der Waals surface area (Å²) >= 11 is 0. The molecular weight excluding hydrogens is 448 g/mol. The van der Waals surface area contributed by atoms with Gasteiger partial charge in [-0.05, 0) is 58.5 Å². The quantitative estimate of drug-likeness (QED) is 0.372. The van der Waals surface area contributed by atoms with Crippen LogP contribution in [0.5, 0.6) is 0 Å². The Morgan fingerprint density at radius 3 is 2.33 bits per heavy atom. The van der Waals surface area contributed by atoms with Gasteiger partial charge < -0.3 is 11.1 Å². The average Bonchev–Trinajstić information content (AvgIpc) is 3.29. The molecule has 33 heavy (non-hydrogen) atoms. The van der Waals surface area contributed by atoms with Gasteiger partial charge in [-0.3, -0.25) is 9.59 Å². The van der Waals surface area contributed by atoms with Crippen LogP contribution in [0.15, 0.2) is 71.8 Å². The summed E-state index contributed by atoms with van der Waals surface area (Å²) in [6.07, 6.45) is 1.51. The first-order chi connectivity index (χ1) is 15.7. The fourth-order valence-corrected chi connectivity index (χ4v) is 3.46. The average molecular weight is 464 g/mol. The minimum absolute atomic E-state index is 0.00202. The summed E-state index contributed by atoms with van der Waals surface area (Å²) in [6.45, 7) is 0. The smallest absolute Gasteiger partial charge is 0.296 e. The highest BCUT2D eigenvalue weighted by Gasteiger charge is 2.18. The summed E-state index contributed by atoms with van der Waals surface area (Å²) in [6, 6.07) is 15.5. The summed E-state index contributed by atoms with van der Waals surface area (Å²) in [4.78, 5) is 28.3. The van der Waals surface area contributed by atoms with E-state index in [0.717, 1.165) is 0 Å². The number of benzene rings is 2. The van der Waals surface area contributed by atoms with Gasteiger partial charge in [0.05, 0.1) is 10.6 Å². The van der Waals surface area contributed by atoms with Crippen LogP contribution in [0.2, 0.25) is 0 Å². The number of tetrazole rings is 1. The summed E-state index contributed by atoms with van der Waals surface area (Å²) in [5.41, 5.74) is 7.33. The molecule has 166 valence electrons. The van der Waals surface area contributed by atoms with Gasteiger partial charge in [-0.1, -0.05) is 18.2 Å². The normalized spacial score (nSPS) is 11.2. The molecule has 4 rings (SSSR count). The van der Waals surface area contributed by atoms with Crippen LogP contribution in [0.25, 0.3) is 16.8 Å². The Hall–Kier alpha value is -4.49. The number of carbonyl (C=O) groups excluding carboxylic acids is 2. The number of rotatable bonds is 6. The number of aromatic nitrogens is 5. The molecule has 0 bridgehead atoms. The lowest BCUT2D eigenvalue weighted by atomic mass is 10.1. The van der Waals surface area contributed by atoms with Crippen molar-refractivity contribution in [2.45, 2.75) is 4.90 Å². The Kier molecular flexibility index (Phi) is 5.64. The molecule has 13 heteroatoms. The molecule has 4 aromatic rings. The van der Waals surface area contributed by atoms with Gasteiger partial charge >= 0.3 is 0 Å². The molecule has 0 fully saturated rings. The Morgan fingerprint density at radius 1 is 0.970 bits per heavy atom. The van der Waals surface area contributed by atoms with E-state index in [4.69, 9.17) is 10.9 Å². The predicted molar refractivity (Wildman–Crippen MR) is 117 cm³/mol. The predicted octanol–water partition coefficient (Wildman–Crippen LogP) is 0.723. The van der Waals surface area contributed by atoms with E-state index in [1.165, 1.54) is 35.1 Å². The summed E-state index contributed by atoms with van der Waals surface area (Å²) in [5, 5.41) is 18.8. The maximum absolute atomic E-state index is 12.7. The van der Waals surface area contributed by atoms with Crippen LogP contribution in [0.3, 0.4) is 0 Å². The SMILES string of the molecule is NC(=O)c1cccc(-n2nnnc2C(=O)Nc2ccc(-c3ccc(S(N)(=O)=O)cc3)cn2)c1. The molecule has 0 saturated carbocycles. The first-order valence-electron chi connectivity index (χ1n) is 9.31. The highest BCUT2D eigenvalue weighted by atomic mass is 32.2. The van der Waals surface area contributed by atoms with Crippen LogP contribution >= 0.6 is 0 Å². The molecule has 12 nitrogen and oxygen atoms in total. The number of sulfonamides is 1. The van der Waals surface area contributed by atoms with E-state index >= 15 is 0 Å². The van der Waals surface area contributed by atoms with Gasteiger partial charge in [0.2, 0.25) is 21.8 Å². The highest BCUT2D eigenvalue weighted by molar-refractivity contribution is 7.89. The van der Waals surface area contributed by atoms with Crippen molar-refractivity contribution < 1.29 is 18.0 Å². The van der Waals surface area contributed by atoms with Gasteiger partial charge in [0.25, 0.3) is 5.91 Å². The molecule has 2 amide bonds. The minimum Gasteiger partial charge on any atom is -0.366 e. The summed E-state index contributed by atoms with van der Waals surface area (Å²) < 4.78 is 23.9. The van der Waals surface area contributed by atoms with Crippen LogP contribution in [0.4, 0.5) is 5.82 Å². The van der Waals surface area contributed by atoms with Crippen molar-refractivity contribution in [3.05, 3.63) is 78.2 Å². The molecular formula is C20H16N8O4S. The number of nitrogens with zero attached hydrogens (tertiary/aromatic N) is 5. The van der Waals surface area contributed by atoms with Crippen molar-refractivity contribution in [2.24, 2.45) is 10.9 Å². The molecule has 0 aliphatic carbocycles. The number of primary amides is 1. The summed E-state index contributed by atoms with van der Waals surface area (Å²) in [7, 11) is -3.78. The zero-order valence-electron chi connectivity index (χ0n) is 16.8. The highest BCUT2D eigenvalue weighted by Crippen LogP contribution is 2.21. The van der Waals surface area contributed by atoms with E-state index in [-0.39, 0.29) is 22.1 Å². The Morgan fingerprint density at radius 2 is 1.70 bits per heavy atom. The molecule has 0 radical (unpaired) electrons. The fourth-order valence-electron chi connectivity index (χ4n) is 2.94. The third kappa shape index (κ3) is 4.73. The lowest BCUT2D eigenvalue weighted by molar-refractivity contribution is 0.0996. The standard InChI is InChI=1S/C20H16N8O4S/c21-18(29)13-2-1-3-15(10-13)28-19(25-26-27-28)20(30)24-17-9-6-14(11-23-17)12-4-7-16(8-5-12)33(22,31)32/h1-11H,(H2,21,29)(H2,22,31,32)(H,23,24,30). The van der Waals surface area contributed by atoms with Crippen molar-refractivity contribution in [3.8, 4) is 16.8 Å². The van der Waals surface area contributed by atoms with Crippen molar-refractivity contribution in [1.82, 2.24) is 25.2 Å². The van der Waals surface area contributed by atoms with E-state index in [1.54, 1.807) is 36.4 Å². The van der Waals surface area contributed by atoms with Crippen LogP contribution < -0.4 is 16.2 Å². The van der Waals surface area contributed by atoms with Crippen molar-refractivity contribution >= 4 is 27.7 Å². The van der Waals surface area contributed by atoms with Gasteiger partial charge in [0.15, 0.2) is 0 Å². The second-order valence-corrected chi connectivity index (χ2v) is 8.35. The van der Waals surface area contributed by atoms with Gasteiger partial charge in [-0.25, -0.2) is 18.5 Å². The van der Waals surface area contributed by atoms with Crippen molar-refractivity contribution in [3.63, 3.8) is 0 Å². The number of anilines is 1. The van der Waals surface area contributed by atoms with E-state index < -0.39 is 21.8 Å². The molecule has 0 atom stereocenters. The first-order valence-corrected chi connectivity index (χ1v) is 10.9. The molecule has 0 aliphatic heterocycles. The largest absolute Gasteiger partial charge is 0.366 e. The second-order valence-electron chi connectivity index (χ2n) is 6.78. The molecule has 2 aromatic carbocycles. The van der Waals surface area contributed by atoms with Crippen LogP contribution in [-0.2, 0) is 10.0 Å². The van der Waals surface area contributed by atoms with Crippen molar-refractivity contribution in [2.75, 3.05) is 5.32 Å². The maximum Gasteiger partial charge on any atom is 0.296 e. The van der Waals surface area contributed by atoms with E-state index in [1.807, 2.05) is 0 Å². The Bertz CT molecular complexity index is 1450. The fraction of sp³-hybridized carbons (Fsp3) is 0. The monoisotopic (exact) mass is 464 g/mol. The molecule has 5 N–H and O–H groups in total. The topological polar surface area (TPSA) is 189 Å². The minimum atomic E-state index is -3.78. The number of primary sulfonamides is 1. The second kappa shape index (κ2) is 8.57. The third-order valence-corrected chi connectivity index (χ3v) is 5.50. The number of nitrogens with two attached hydrogens (primary N) is 2. The Balaban J connectivity index is 1.52. The number of pyridine rings is 1. The number of amides is 2. The van der Waals surface area contributed by atoms with Gasteiger partial charge in [0, 0.05) is 17.3 Å². The van der Waals surface area contributed by atoms with Gasteiger partial charge in [-0.15, -0.1) is 5.10 Å². The Labute approximate surface area is 187 Å². The van der Waals surface area contributed by atoms with Crippen LogP contribution in [0.1, 0.15) is 21.0 Å². The third-order valence-electron chi connectivity index (χ3n) is 4.57. The number of hydrogen-bond acceptors (Lipinski definition) is 8. The first kappa shape index (κ1) is 21.7. The lowest BCUT2D eigenvalue weighted by Gasteiger charge is -2.07. The number of carbonyl (C=O) groups is 2. The summed E-state index contributed by atoms with van der Waals surface area (Å²) in [5.74, 6) is -1.13. The van der Waals surface area contributed by atoms with Crippen LogP contribution in [-0.4, -0.2) is 45.4 Å². The van der Waals surface area contributed by atoms with Crippen molar-refractivity contribution in [1.29, 1.82) is 0 Å². The molecule has 0 aliphatic rings. The van der Waals surface area contributed by atoms with Gasteiger partial charge in [0.1, 0.15) is 5.82 Å². The van der Waals surface area contributed by atoms with Gasteiger partial charge in [-0.2, -0.15) is 4.68 Å². The zero-order valence-corrected chi connectivity index (χ0v) is 17.6. The number of nitrogens with one attached hydrogen (secondary N) is 1. The van der Waals surface area contributed by atoms with E-state index in [9.17, 15) is 18.0 Å². The van der Waals surface area contributed by atoms with E-state index in [2.05, 4.69) is 25.8 Å². The zero-order chi connectivity index (χ0) is 23.6. The van der Waals surface area contributed by atoms with Crippen LogP contribution in [0, 0.1) is 0 Å². The number of hydrogen-bond donors (Lipinski definition) is 3. The van der Waals surface area contributed by atoms with E-state index in [0.29, 0.717) is 16.8 Å². The molecule has 0 spiro atoms. The molecule has 0 saturated heterocycles. The lowest BCUT2D eigenvalue weighted by Crippen LogP contribution is -2.19. The molecule has 0 unspecified atom stereocenters.